The molecule has 0 amide bonds. The van der Waals surface area contributed by atoms with Gasteiger partial charge in [-0.15, -0.1) is 24.0 Å². The van der Waals surface area contributed by atoms with Crippen molar-refractivity contribution in [1.82, 2.24) is 15.5 Å². The van der Waals surface area contributed by atoms with E-state index in [4.69, 9.17) is 9.47 Å². The Morgan fingerprint density at radius 2 is 2.03 bits per heavy atom. The fourth-order valence-electron chi connectivity index (χ4n) is 2.80. The number of hydrogen-bond acceptors (Lipinski definition) is 5. The van der Waals surface area contributed by atoms with Gasteiger partial charge in [0.15, 0.2) is 17.5 Å². The highest BCUT2D eigenvalue weighted by Gasteiger charge is 2.25. The summed E-state index contributed by atoms with van der Waals surface area (Å²) in [5.41, 5.74) is -0.965. The van der Waals surface area contributed by atoms with Crippen LogP contribution in [0.3, 0.4) is 0 Å². The Balaban J connectivity index is 0.00000420. The maximum Gasteiger partial charge on any atom is 0.191 e. The Morgan fingerprint density at radius 3 is 2.69 bits per heavy atom. The maximum absolute atomic E-state index is 13.5. The van der Waals surface area contributed by atoms with Crippen LogP contribution in [0.25, 0.3) is 0 Å². The standard InChI is InChI=1S/C19H30F2N4O3.HI/c1-3-22-18(23-6-9-28-17-5-4-15(20)12-16(17)21)24-13-19(2,26)14-25-7-10-27-11-8-25;/h4-5,12,26H,3,6-11,13-14H2,1-2H3,(H2,22,23,24);1H. The highest BCUT2D eigenvalue weighted by molar-refractivity contribution is 14.0. The van der Waals surface area contributed by atoms with E-state index in [1.54, 1.807) is 6.92 Å². The number of aliphatic hydroxyl groups is 1. The van der Waals surface area contributed by atoms with Crippen LogP contribution in [0.4, 0.5) is 8.78 Å². The third kappa shape index (κ3) is 9.87. The molecular formula is C19H31F2IN4O3. The number of nitrogens with one attached hydrogen (secondary N) is 2. The van der Waals surface area contributed by atoms with Gasteiger partial charge in [0, 0.05) is 32.2 Å². The molecule has 29 heavy (non-hydrogen) atoms. The van der Waals surface area contributed by atoms with Gasteiger partial charge in [0.2, 0.25) is 0 Å². The molecule has 0 aliphatic carbocycles. The van der Waals surface area contributed by atoms with Crippen LogP contribution in [0.2, 0.25) is 0 Å². The predicted molar refractivity (Wildman–Crippen MR) is 119 cm³/mol. The lowest BCUT2D eigenvalue weighted by Gasteiger charge is -2.33. The average molecular weight is 528 g/mol. The summed E-state index contributed by atoms with van der Waals surface area (Å²) in [6.45, 7) is 8.61. The highest BCUT2D eigenvalue weighted by Crippen LogP contribution is 2.17. The van der Waals surface area contributed by atoms with E-state index < -0.39 is 17.2 Å². The molecule has 1 heterocycles. The van der Waals surface area contributed by atoms with E-state index in [-0.39, 0.29) is 42.9 Å². The third-order valence-corrected chi connectivity index (χ3v) is 4.14. The van der Waals surface area contributed by atoms with Crippen LogP contribution in [0.15, 0.2) is 23.2 Å². The molecule has 0 saturated carbocycles. The molecule has 1 unspecified atom stereocenters. The summed E-state index contributed by atoms with van der Waals surface area (Å²) in [6, 6.07) is 3.19. The molecule has 0 spiro atoms. The van der Waals surface area contributed by atoms with Gasteiger partial charge in [-0.2, -0.15) is 0 Å². The molecule has 3 N–H and O–H groups in total. The van der Waals surface area contributed by atoms with Crippen molar-refractivity contribution in [3.63, 3.8) is 0 Å². The van der Waals surface area contributed by atoms with E-state index >= 15 is 0 Å². The van der Waals surface area contributed by atoms with E-state index in [2.05, 4.69) is 20.5 Å². The molecule has 1 aromatic rings. The zero-order valence-electron chi connectivity index (χ0n) is 16.9. The second-order valence-electron chi connectivity index (χ2n) is 6.93. The number of halogens is 3. The van der Waals surface area contributed by atoms with E-state index in [1.165, 1.54) is 6.07 Å². The van der Waals surface area contributed by atoms with Crippen molar-refractivity contribution < 1.29 is 23.4 Å². The van der Waals surface area contributed by atoms with Gasteiger partial charge in [-0.25, -0.2) is 8.78 Å². The highest BCUT2D eigenvalue weighted by atomic mass is 127. The summed E-state index contributed by atoms with van der Waals surface area (Å²) >= 11 is 0. The Bertz CT molecular complexity index is 644. The van der Waals surface area contributed by atoms with Crippen LogP contribution in [0.1, 0.15) is 13.8 Å². The lowest BCUT2D eigenvalue weighted by molar-refractivity contribution is -0.0179. The van der Waals surface area contributed by atoms with Gasteiger partial charge >= 0.3 is 0 Å². The molecule has 0 bridgehead atoms. The topological polar surface area (TPSA) is 78.4 Å². The average Bonchev–Trinajstić information content (AvgIpc) is 2.65. The summed E-state index contributed by atoms with van der Waals surface area (Å²) in [7, 11) is 0. The first-order valence-corrected chi connectivity index (χ1v) is 9.52. The molecule has 0 aromatic heterocycles. The van der Waals surface area contributed by atoms with Crippen molar-refractivity contribution in [1.29, 1.82) is 0 Å². The SMILES string of the molecule is CCNC(=NCC(C)(O)CN1CCOCC1)NCCOc1ccc(F)cc1F.I. The van der Waals surface area contributed by atoms with Crippen LogP contribution in [0, 0.1) is 11.6 Å². The summed E-state index contributed by atoms with van der Waals surface area (Å²) in [5.74, 6) is -0.847. The number of aliphatic imine (C=N–C) groups is 1. The van der Waals surface area contributed by atoms with Crippen molar-refractivity contribution in [3.8, 4) is 5.75 Å². The van der Waals surface area contributed by atoms with E-state index in [0.717, 1.165) is 25.2 Å². The molecule has 1 atom stereocenters. The number of ether oxygens (including phenoxy) is 2. The molecular weight excluding hydrogens is 497 g/mol. The van der Waals surface area contributed by atoms with Gasteiger partial charge in [-0.3, -0.25) is 9.89 Å². The van der Waals surface area contributed by atoms with Gasteiger partial charge in [0.25, 0.3) is 0 Å². The number of rotatable bonds is 9. The third-order valence-electron chi connectivity index (χ3n) is 4.14. The van der Waals surface area contributed by atoms with Crippen molar-refractivity contribution in [2.75, 3.05) is 59.1 Å². The predicted octanol–water partition coefficient (Wildman–Crippen LogP) is 1.60. The molecule has 7 nitrogen and oxygen atoms in total. The minimum atomic E-state index is -0.965. The zero-order valence-corrected chi connectivity index (χ0v) is 19.2. The van der Waals surface area contributed by atoms with E-state index in [0.29, 0.717) is 38.8 Å². The fraction of sp³-hybridized carbons (Fsp3) is 0.632. The number of guanidine groups is 1. The zero-order chi connectivity index (χ0) is 20.4. The van der Waals surface area contributed by atoms with Crippen LogP contribution in [-0.4, -0.2) is 80.7 Å². The van der Waals surface area contributed by atoms with Gasteiger partial charge < -0.3 is 25.2 Å². The minimum absolute atomic E-state index is 0. The normalized spacial score (nSPS) is 17.2. The van der Waals surface area contributed by atoms with Crippen molar-refractivity contribution >= 4 is 29.9 Å². The van der Waals surface area contributed by atoms with Gasteiger partial charge in [-0.05, 0) is 26.0 Å². The largest absolute Gasteiger partial charge is 0.489 e. The second kappa shape index (κ2) is 13.1. The second-order valence-corrected chi connectivity index (χ2v) is 6.93. The maximum atomic E-state index is 13.5. The molecule has 166 valence electrons. The van der Waals surface area contributed by atoms with Crippen LogP contribution >= 0.6 is 24.0 Å². The first-order chi connectivity index (χ1) is 13.4. The number of benzene rings is 1. The molecule has 1 fully saturated rings. The number of hydrogen-bond donors (Lipinski definition) is 3. The van der Waals surface area contributed by atoms with Gasteiger partial charge in [0.05, 0.1) is 31.9 Å². The van der Waals surface area contributed by atoms with Crippen molar-refractivity contribution in [2.45, 2.75) is 19.4 Å². The Labute approximate surface area is 187 Å². The summed E-state index contributed by atoms with van der Waals surface area (Å²) in [4.78, 5) is 6.59. The van der Waals surface area contributed by atoms with E-state index in [9.17, 15) is 13.9 Å². The molecule has 1 aliphatic rings. The van der Waals surface area contributed by atoms with Crippen LogP contribution < -0.4 is 15.4 Å². The van der Waals surface area contributed by atoms with Crippen LogP contribution in [0.5, 0.6) is 5.75 Å². The number of β-amino-alcohol motifs (C(OH)–C–C–N with tert-alkyl or cyclic N) is 1. The Kier molecular flexibility index (Phi) is 11.7. The molecule has 10 heteroatoms. The molecule has 1 saturated heterocycles. The van der Waals surface area contributed by atoms with Gasteiger partial charge in [-0.1, -0.05) is 0 Å². The lowest BCUT2D eigenvalue weighted by Crippen LogP contribution is -2.48. The summed E-state index contributed by atoms with van der Waals surface area (Å²) < 4.78 is 37.1. The lowest BCUT2D eigenvalue weighted by atomic mass is 10.1. The monoisotopic (exact) mass is 528 g/mol. The van der Waals surface area contributed by atoms with Gasteiger partial charge in [0.1, 0.15) is 12.4 Å². The first-order valence-electron chi connectivity index (χ1n) is 9.52. The number of morpholine rings is 1. The smallest absolute Gasteiger partial charge is 0.191 e. The molecule has 0 radical (unpaired) electrons. The van der Waals surface area contributed by atoms with Crippen LogP contribution in [-0.2, 0) is 4.74 Å². The molecule has 2 rings (SSSR count). The summed E-state index contributed by atoms with van der Waals surface area (Å²) in [5, 5.41) is 16.8. The van der Waals surface area contributed by atoms with Crippen molar-refractivity contribution in [2.24, 2.45) is 4.99 Å². The van der Waals surface area contributed by atoms with E-state index in [1.807, 2.05) is 6.92 Å². The minimum Gasteiger partial charge on any atom is -0.489 e. The first kappa shape index (κ1) is 25.8. The quantitative estimate of drug-likeness (QED) is 0.196. The molecule has 1 aliphatic heterocycles. The Hall–Kier alpha value is -1.24. The number of nitrogens with zero attached hydrogens (tertiary/aromatic N) is 2. The molecule has 1 aromatic carbocycles. The summed E-state index contributed by atoms with van der Waals surface area (Å²) in [6.07, 6.45) is 0. The Morgan fingerprint density at radius 1 is 1.31 bits per heavy atom. The van der Waals surface area contributed by atoms with Crippen molar-refractivity contribution in [3.05, 3.63) is 29.8 Å². The fourth-order valence-corrected chi connectivity index (χ4v) is 2.80.